The Morgan fingerprint density at radius 1 is 1.38 bits per heavy atom. The molecule has 1 atom stereocenters. The summed E-state index contributed by atoms with van der Waals surface area (Å²) in [6.45, 7) is 1.78. The molecule has 5 heteroatoms. The standard InChI is InChI=1S/C11H12FN3O/c1-7-3-8(5-9(12)4-7)11(16)10-6-13-14-15(10)2/h3-6,11,16H,1-2H3. The third-order valence-corrected chi connectivity index (χ3v) is 2.41. The van der Waals surface area contributed by atoms with Gasteiger partial charge in [0.25, 0.3) is 0 Å². The normalized spacial score (nSPS) is 12.8. The van der Waals surface area contributed by atoms with Gasteiger partial charge in [0, 0.05) is 7.05 Å². The second kappa shape index (κ2) is 4.02. The van der Waals surface area contributed by atoms with E-state index in [0.717, 1.165) is 5.56 Å². The van der Waals surface area contributed by atoms with Gasteiger partial charge in [-0.15, -0.1) is 5.10 Å². The molecule has 0 amide bonds. The highest BCUT2D eigenvalue weighted by Gasteiger charge is 2.15. The fourth-order valence-corrected chi connectivity index (χ4v) is 1.64. The van der Waals surface area contributed by atoms with Crippen LogP contribution < -0.4 is 0 Å². The molecule has 84 valence electrons. The highest BCUT2D eigenvalue weighted by atomic mass is 19.1. The number of rotatable bonds is 2. The van der Waals surface area contributed by atoms with Crippen LogP contribution in [0.25, 0.3) is 0 Å². The molecular formula is C11H12FN3O. The Balaban J connectivity index is 2.41. The number of aliphatic hydroxyl groups is 1. The molecule has 1 aromatic carbocycles. The van der Waals surface area contributed by atoms with E-state index in [9.17, 15) is 9.50 Å². The minimum absolute atomic E-state index is 0.357. The molecular weight excluding hydrogens is 209 g/mol. The molecule has 0 fully saturated rings. The number of aromatic nitrogens is 3. The molecule has 1 aromatic heterocycles. The van der Waals surface area contributed by atoms with Crippen molar-refractivity contribution < 1.29 is 9.50 Å². The van der Waals surface area contributed by atoms with Crippen LogP contribution in [0.15, 0.2) is 24.4 Å². The zero-order valence-electron chi connectivity index (χ0n) is 9.05. The molecule has 0 aliphatic carbocycles. The van der Waals surface area contributed by atoms with Crippen LogP contribution >= 0.6 is 0 Å². The number of aryl methyl sites for hydroxylation is 2. The summed E-state index contributed by atoms with van der Waals surface area (Å²) < 4.78 is 14.6. The van der Waals surface area contributed by atoms with Crippen LogP contribution in [-0.4, -0.2) is 20.1 Å². The first-order valence-electron chi connectivity index (χ1n) is 4.87. The number of benzene rings is 1. The molecule has 1 unspecified atom stereocenters. The zero-order valence-corrected chi connectivity index (χ0v) is 9.05. The summed E-state index contributed by atoms with van der Waals surface area (Å²) in [5.41, 5.74) is 1.80. The predicted octanol–water partition coefficient (Wildman–Crippen LogP) is 1.34. The third-order valence-electron chi connectivity index (χ3n) is 2.41. The molecule has 0 radical (unpaired) electrons. The Hall–Kier alpha value is -1.75. The lowest BCUT2D eigenvalue weighted by atomic mass is 10.0. The Morgan fingerprint density at radius 2 is 2.12 bits per heavy atom. The van der Waals surface area contributed by atoms with Crippen molar-refractivity contribution in [1.82, 2.24) is 15.0 Å². The van der Waals surface area contributed by atoms with Crippen molar-refractivity contribution in [3.05, 3.63) is 47.0 Å². The number of hydrogen-bond acceptors (Lipinski definition) is 3. The Kier molecular flexibility index (Phi) is 2.70. The predicted molar refractivity (Wildman–Crippen MR) is 56.2 cm³/mol. The van der Waals surface area contributed by atoms with Crippen molar-refractivity contribution >= 4 is 0 Å². The molecule has 0 aliphatic heterocycles. The molecule has 4 nitrogen and oxygen atoms in total. The van der Waals surface area contributed by atoms with Gasteiger partial charge in [-0.05, 0) is 30.2 Å². The van der Waals surface area contributed by atoms with E-state index < -0.39 is 6.10 Å². The van der Waals surface area contributed by atoms with Crippen molar-refractivity contribution in [3.8, 4) is 0 Å². The van der Waals surface area contributed by atoms with E-state index in [-0.39, 0.29) is 5.82 Å². The van der Waals surface area contributed by atoms with Gasteiger partial charge in [0.05, 0.1) is 11.9 Å². The largest absolute Gasteiger partial charge is 0.382 e. The SMILES string of the molecule is Cc1cc(F)cc(C(O)c2cnnn2C)c1. The summed E-state index contributed by atoms with van der Waals surface area (Å²) in [7, 11) is 1.68. The minimum Gasteiger partial charge on any atom is -0.382 e. The maximum atomic E-state index is 13.2. The topological polar surface area (TPSA) is 50.9 Å². The maximum Gasteiger partial charge on any atom is 0.123 e. The molecule has 0 bridgehead atoms. The molecule has 0 aliphatic rings. The number of aliphatic hydroxyl groups excluding tert-OH is 1. The highest BCUT2D eigenvalue weighted by Crippen LogP contribution is 2.22. The summed E-state index contributed by atoms with van der Waals surface area (Å²) in [5.74, 6) is -0.357. The van der Waals surface area contributed by atoms with Crippen LogP contribution in [0.3, 0.4) is 0 Å². The third kappa shape index (κ3) is 1.94. The van der Waals surface area contributed by atoms with Gasteiger partial charge in [0.2, 0.25) is 0 Å². The van der Waals surface area contributed by atoms with Gasteiger partial charge in [-0.2, -0.15) is 0 Å². The first-order chi connectivity index (χ1) is 7.58. The lowest BCUT2D eigenvalue weighted by molar-refractivity contribution is 0.209. The maximum absolute atomic E-state index is 13.2. The van der Waals surface area contributed by atoms with Crippen LogP contribution in [0.1, 0.15) is 22.9 Å². The van der Waals surface area contributed by atoms with Crippen molar-refractivity contribution in [2.75, 3.05) is 0 Å². The van der Waals surface area contributed by atoms with Gasteiger partial charge in [-0.25, -0.2) is 9.07 Å². The van der Waals surface area contributed by atoms with Crippen LogP contribution in [0.4, 0.5) is 4.39 Å². The van der Waals surface area contributed by atoms with Gasteiger partial charge in [-0.3, -0.25) is 0 Å². The van der Waals surface area contributed by atoms with Crippen LogP contribution in [-0.2, 0) is 7.05 Å². The summed E-state index contributed by atoms with van der Waals surface area (Å²) in [4.78, 5) is 0. The molecule has 1 N–H and O–H groups in total. The minimum atomic E-state index is -0.908. The van der Waals surface area contributed by atoms with E-state index in [1.807, 2.05) is 0 Å². The summed E-state index contributed by atoms with van der Waals surface area (Å²) in [6.07, 6.45) is 0.555. The lowest BCUT2D eigenvalue weighted by Crippen LogP contribution is -2.07. The fourth-order valence-electron chi connectivity index (χ4n) is 1.64. The smallest absolute Gasteiger partial charge is 0.123 e. The number of halogens is 1. The Bertz CT molecular complexity index is 489. The van der Waals surface area contributed by atoms with Crippen molar-refractivity contribution in [1.29, 1.82) is 0 Å². The summed E-state index contributed by atoms with van der Waals surface area (Å²) >= 11 is 0. The molecule has 0 saturated heterocycles. The van der Waals surface area contributed by atoms with E-state index in [1.165, 1.54) is 23.0 Å². The second-order valence-electron chi connectivity index (χ2n) is 3.75. The molecule has 2 rings (SSSR count). The van der Waals surface area contributed by atoms with Crippen LogP contribution in [0, 0.1) is 12.7 Å². The van der Waals surface area contributed by atoms with Gasteiger partial charge < -0.3 is 5.11 Å². The first-order valence-corrected chi connectivity index (χ1v) is 4.87. The first kappa shape index (κ1) is 10.8. The van der Waals surface area contributed by atoms with Crippen LogP contribution in [0.5, 0.6) is 0 Å². The summed E-state index contributed by atoms with van der Waals surface area (Å²) in [5, 5.41) is 17.4. The fraction of sp³-hybridized carbons (Fsp3) is 0.273. The second-order valence-corrected chi connectivity index (χ2v) is 3.75. The van der Waals surface area contributed by atoms with E-state index in [1.54, 1.807) is 20.0 Å². The number of nitrogens with zero attached hydrogens (tertiary/aromatic N) is 3. The Labute approximate surface area is 92.3 Å². The molecule has 16 heavy (non-hydrogen) atoms. The zero-order chi connectivity index (χ0) is 11.7. The summed E-state index contributed by atoms with van der Waals surface area (Å²) in [6, 6.07) is 4.46. The van der Waals surface area contributed by atoms with Crippen LogP contribution in [0.2, 0.25) is 0 Å². The van der Waals surface area contributed by atoms with E-state index >= 15 is 0 Å². The van der Waals surface area contributed by atoms with E-state index in [0.29, 0.717) is 11.3 Å². The quantitative estimate of drug-likeness (QED) is 0.832. The molecule has 1 heterocycles. The molecule has 0 spiro atoms. The van der Waals surface area contributed by atoms with Crippen molar-refractivity contribution in [2.45, 2.75) is 13.0 Å². The average molecular weight is 221 g/mol. The van der Waals surface area contributed by atoms with E-state index in [4.69, 9.17) is 0 Å². The van der Waals surface area contributed by atoms with Gasteiger partial charge in [0.1, 0.15) is 11.9 Å². The molecule has 2 aromatic rings. The Morgan fingerprint density at radius 3 is 2.69 bits per heavy atom. The number of hydrogen-bond donors (Lipinski definition) is 1. The van der Waals surface area contributed by atoms with E-state index in [2.05, 4.69) is 10.3 Å². The van der Waals surface area contributed by atoms with Gasteiger partial charge in [0.15, 0.2) is 0 Å². The van der Waals surface area contributed by atoms with Gasteiger partial charge >= 0.3 is 0 Å². The monoisotopic (exact) mass is 221 g/mol. The average Bonchev–Trinajstić information content (AvgIpc) is 2.62. The van der Waals surface area contributed by atoms with Gasteiger partial charge in [-0.1, -0.05) is 11.3 Å². The lowest BCUT2D eigenvalue weighted by Gasteiger charge is -2.11. The molecule has 0 saturated carbocycles. The van der Waals surface area contributed by atoms with Crippen molar-refractivity contribution in [2.24, 2.45) is 7.05 Å². The van der Waals surface area contributed by atoms with Crippen molar-refractivity contribution in [3.63, 3.8) is 0 Å². The highest BCUT2D eigenvalue weighted by molar-refractivity contribution is 5.29.